The third-order valence-electron chi connectivity index (χ3n) is 4.92. The van der Waals surface area contributed by atoms with Crippen LogP contribution in [0.1, 0.15) is 33.1 Å². The van der Waals surface area contributed by atoms with Gasteiger partial charge in [0, 0.05) is 31.4 Å². The Labute approximate surface area is 126 Å². The molecule has 1 saturated carbocycles. The normalized spacial score (nSPS) is 30.5. The molecule has 2 unspecified atom stereocenters. The van der Waals surface area contributed by atoms with E-state index in [4.69, 9.17) is 11.6 Å². The van der Waals surface area contributed by atoms with Gasteiger partial charge in [0.15, 0.2) is 5.15 Å². The minimum absolute atomic E-state index is 0.556. The maximum absolute atomic E-state index is 6.20. The summed E-state index contributed by atoms with van der Waals surface area (Å²) in [5.74, 6) is 1.47. The molecule has 1 saturated heterocycles. The summed E-state index contributed by atoms with van der Waals surface area (Å²) < 4.78 is 0. The van der Waals surface area contributed by atoms with Crippen molar-refractivity contribution >= 4 is 17.3 Å². The number of rotatable bonds is 3. The van der Waals surface area contributed by atoms with E-state index >= 15 is 0 Å². The van der Waals surface area contributed by atoms with Gasteiger partial charge in [-0.2, -0.15) is 0 Å². The Kier molecular flexibility index (Phi) is 4.18. The third-order valence-corrected chi connectivity index (χ3v) is 5.22. The summed E-state index contributed by atoms with van der Waals surface area (Å²) in [6.07, 6.45) is 5.78. The summed E-state index contributed by atoms with van der Waals surface area (Å²) in [6, 6.07) is 5.20. The first-order chi connectivity index (χ1) is 9.65. The van der Waals surface area contributed by atoms with Gasteiger partial charge in [-0.25, -0.2) is 4.98 Å². The van der Waals surface area contributed by atoms with Crippen molar-refractivity contribution in [2.45, 2.75) is 45.2 Å². The van der Waals surface area contributed by atoms with Gasteiger partial charge in [-0.05, 0) is 50.7 Å². The molecule has 2 fully saturated rings. The SMILES string of the molecule is CC(C)N1CC2CCCC(C1)C2Nc1cccnc1Cl. The average Bonchev–Trinajstić information content (AvgIpc) is 2.40. The molecule has 2 atom stereocenters. The van der Waals surface area contributed by atoms with E-state index in [1.165, 1.54) is 32.4 Å². The molecule has 0 spiro atoms. The number of piperidine rings is 1. The number of pyridine rings is 1. The second-order valence-corrected chi connectivity index (χ2v) is 6.87. The van der Waals surface area contributed by atoms with Crippen molar-refractivity contribution in [2.24, 2.45) is 11.8 Å². The van der Waals surface area contributed by atoms with Crippen LogP contribution in [0.2, 0.25) is 5.15 Å². The van der Waals surface area contributed by atoms with Crippen molar-refractivity contribution in [3.63, 3.8) is 0 Å². The van der Waals surface area contributed by atoms with Gasteiger partial charge in [-0.15, -0.1) is 0 Å². The lowest BCUT2D eigenvalue weighted by molar-refractivity contribution is 0.0518. The number of fused-ring (bicyclic) bond motifs is 2. The van der Waals surface area contributed by atoms with Gasteiger partial charge in [-0.1, -0.05) is 18.0 Å². The third kappa shape index (κ3) is 2.79. The van der Waals surface area contributed by atoms with Crippen molar-refractivity contribution in [3.05, 3.63) is 23.5 Å². The van der Waals surface area contributed by atoms with E-state index in [2.05, 4.69) is 29.0 Å². The molecule has 1 aromatic rings. The van der Waals surface area contributed by atoms with Crippen LogP contribution < -0.4 is 5.32 Å². The van der Waals surface area contributed by atoms with Crippen LogP contribution in [0.5, 0.6) is 0 Å². The van der Waals surface area contributed by atoms with Gasteiger partial charge in [-0.3, -0.25) is 0 Å². The van der Waals surface area contributed by atoms with E-state index in [0.29, 0.717) is 17.2 Å². The smallest absolute Gasteiger partial charge is 0.152 e. The van der Waals surface area contributed by atoms with Crippen molar-refractivity contribution in [1.29, 1.82) is 0 Å². The van der Waals surface area contributed by atoms with E-state index in [-0.39, 0.29) is 0 Å². The van der Waals surface area contributed by atoms with Crippen molar-refractivity contribution in [3.8, 4) is 0 Å². The lowest BCUT2D eigenvalue weighted by Crippen LogP contribution is -2.56. The summed E-state index contributed by atoms with van der Waals surface area (Å²) in [5.41, 5.74) is 0.995. The number of halogens is 1. The first-order valence-corrected chi connectivity index (χ1v) is 8.14. The van der Waals surface area contributed by atoms with Crippen molar-refractivity contribution in [2.75, 3.05) is 18.4 Å². The van der Waals surface area contributed by atoms with Crippen LogP contribution in [0.25, 0.3) is 0 Å². The molecule has 20 heavy (non-hydrogen) atoms. The van der Waals surface area contributed by atoms with Crippen LogP contribution in [-0.4, -0.2) is 35.1 Å². The maximum Gasteiger partial charge on any atom is 0.152 e. The van der Waals surface area contributed by atoms with Crippen LogP contribution in [0, 0.1) is 11.8 Å². The zero-order chi connectivity index (χ0) is 14.1. The Bertz CT molecular complexity index is 449. The lowest BCUT2D eigenvalue weighted by atomic mass is 9.73. The summed E-state index contributed by atoms with van der Waals surface area (Å²) >= 11 is 6.20. The van der Waals surface area contributed by atoms with Crippen LogP contribution in [0.4, 0.5) is 5.69 Å². The van der Waals surface area contributed by atoms with Crippen molar-refractivity contribution in [1.82, 2.24) is 9.88 Å². The molecule has 1 aliphatic heterocycles. The minimum Gasteiger partial charge on any atom is -0.379 e. The minimum atomic E-state index is 0.556. The number of likely N-dealkylation sites (tertiary alicyclic amines) is 1. The molecule has 2 heterocycles. The Balaban J connectivity index is 1.75. The van der Waals surface area contributed by atoms with Crippen LogP contribution in [-0.2, 0) is 0 Å². The molecule has 3 nitrogen and oxygen atoms in total. The number of nitrogens with one attached hydrogen (secondary N) is 1. The zero-order valence-electron chi connectivity index (χ0n) is 12.3. The van der Waals surface area contributed by atoms with Gasteiger partial charge >= 0.3 is 0 Å². The Morgan fingerprint density at radius 2 is 2.00 bits per heavy atom. The molecule has 3 rings (SSSR count). The number of hydrogen-bond donors (Lipinski definition) is 1. The maximum atomic E-state index is 6.20. The predicted octanol–water partition coefficient (Wildman–Crippen LogP) is 3.66. The second-order valence-electron chi connectivity index (χ2n) is 6.51. The van der Waals surface area contributed by atoms with Crippen LogP contribution >= 0.6 is 11.6 Å². The molecule has 1 N–H and O–H groups in total. The Morgan fingerprint density at radius 3 is 2.60 bits per heavy atom. The van der Waals surface area contributed by atoms with E-state index in [1.807, 2.05) is 12.1 Å². The first kappa shape index (κ1) is 14.2. The standard InChI is InChI=1S/C16H24ClN3/c1-11(2)20-9-12-5-3-6-13(10-20)15(12)19-14-7-4-8-18-16(14)17/h4,7-8,11-13,15,19H,3,5-6,9-10H2,1-2H3. The van der Waals surface area contributed by atoms with Crippen LogP contribution in [0.15, 0.2) is 18.3 Å². The van der Waals surface area contributed by atoms with Gasteiger partial charge in [0.2, 0.25) is 0 Å². The predicted molar refractivity (Wildman–Crippen MR) is 84.2 cm³/mol. The molecule has 2 bridgehead atoms. The second kappa shape index (κ2) is 5.90. The van der Waals surface area contributed by atoms with Gasteiger partial charge in [0.25, 0.3) is 0 Å². The number of nitrogens with zero attached hydrogens (tertiary/aromatic N) is 2. The average molecular weight is 294 g/mol. The fourth-order valence-electron chi connectivity index (χ4n) is 3.80. The number of hydrogen-bond acceptors (Lipinski definition) is 3. The zero-order valence-corrected chi connectivity index (χ0v) is 13.1. The fraction of sp³-hybridized carbons (Fsp3) is 0.688. The molecule has 110 valence electrons. The highest BCUT2D eigenvalue weighted by atomic mass is 35.5. The van der Waals surface area contributed by atoms with Crippen molar-refractivity contribution < 1.29 is 0 Å². The summed E-state index contributed by atoms with van der Waals surface area (Å²) in [6.45, 7) is 7.04. The lowest BCUT2D eigenvalue weighted by Gasteiger charge is -2.49. The Morgan fingerprint density at radius 1 is 1.30 bits per heavy atom. The van der Waals surface area contributed by atoms with E-state index in [1.54, 1.807) is 6.20 Å². The summed E-state index contributed by atoms with van der Waals surface area (Å²) in [4.78, 5) is 6.81. The molecular formula is C16H24ClN3. The van der Waals surface area contributed by atoms with Gasteiger partial charge in [0.05, 0.1) is 5.69 Å². The fourth-order valence-corrected chi connectivity index (χ4v) is 3.98. The molecule has 0 aromatic carbocycles. The highest BCUT2D eigenvalue weighted by Gasteiger charge is 2.40. The van der Waals surface area contributed by atoms with Crippen LogP contribution in [0.3, 0.4) is 0 Å². The number of anilines is 1. The molecular weight excluding hydrogens is 270 g/mol. The van der Waals surface area contributed by atoms with E-state index in [0.717, 1.165) is 17.5 Å². The van der Waals surface area contributed by atoms with Gasteiger partial charge < -0.3 is 10.2 Å². The van der Waals surface area contributed by atoms with Gasteiger partial charge in [0.1, 0.15) is 0 Å². The largest absolute Gasteiger partial charge is 0.379 e. The summed E-state index contributed by atoms with van der Waals surface area (Å²) in [5, 5.41) is 4.28. The Hall–Kier alpha value is -0.800. The topological polar surface area (TPSA) is 28.2 Å². The summed E-state index contributed by atoms with van der Waals surface area (Å²) in [7, 11) is 0. The molecule has 1 aromatic heterocycles. The first-order valence-electron chi connectivity index (χ1n) is 7.76. The van der Waals surface area contributed by atoms with E-state index < -0.39 is 0 Å². The molecule has 4 heteroatoms. The molecule has 2 aliphatic rings. The van der Waals surface area contributed by atoms with E-state index in [9.17, 15) is 0 Å². The number of aromatic nitrogens is 1. The monoisotopic (exact) mass is 293 g/mol. The molecule has 0 radical (unpaired) electrons. The quantitative estimate of drug-likeness (QED) is 0.862. The highest BCUT2D eigenvalue weighted by molar-refractivity contribution is 6.31. The highest BCUT2D eigenvalue weighted by Crippen LogP contribution is 2.38. The molecule has 1 aliphatic carbocycles. The molecule has 0 amide bonds.